The van der Waals surface area contributed by atoms with Crippen molar-refractivity contribution in [1.82, 2.24) is 4.98 Å². The van der Waals surface area contributed by atoms with Gasteiger partial charge in [-0.25, -0.2) is 13.8 Å². The molecule has 2 nitrogen and oxygen atoms in total. The number of halogens is 2. The summed E-state index contributed by atoms with van der Waals surface area (Å²) in [5.74, 6) is 0.978. The number of anilines is 1. The van der Waals surface area contributed by atoms with E-state index in [2.05, 4.69) is 10.9 Å². The highest BCUT2D eigenvalue weighted by atomic mass is 19.1. The second-order valence-corrected chi connectivity index (χ2v) is 4.37. The first kappa shape index (κ1) is 19.9. The Morgan fingerprint density at radius 1 is 1.09 bits per heavy atom. The van der Waals surface area contributed by atoms with Crippen molar-refractivity contribution in [3.8, 4) is 12.3 Å². The highest BCUT2D eigenvalue weighted by Crippen LogP contribution is 2.31. The fourth-order valence-corrected chi connectivity index (χ4v) is 1.99. The Morgan fingerprint density at radius 3 is 2.09 bits per heavy atom. The van der Waals surface area contributed by atoms with E-state index < -0.39 is 11.6 Å². The van der Waals surface area contributed by atoms with E-state index in [9.17, 15) is 8.78 Å². The number of pyridine rings is 1. The number of terminal acetylenes is 1. The van der Waals surface area contributed by atoms with Gasteiger partial charge in [-0.05, 0) is 17.5 Å². The van der Waals surface area contributed by atoms with Gasteiger partial charge in [-0.1, -0.05) is 47.5 Å². The molecule has 4 heteroatoms. The molecule has 1 aromatic heterocycles. The molecule has 2 N–H and O–H groups in total. The molecule has 2 rings (SSSR count). The Kier molecular flexibility index (Phi) is 8.11. The molecule has 0 unspecified atom stereocenters. The largest absolute Gasteiger partial charge is 0.384 e. The lowest BCUT2D eigenvalue weighted by atomic mass is 9.95. The minimum atomic E-state index is -0.754. The van der Waals surface area contributed by atoms with Crippen LogP contribution >= 0.6 is 0 Å². The summed E-state index contributed by atoms with van der Waals surface area (Å²) in [5.41, 5.74) is 6.39. The van der Waals surface area contributed by atoms with E-state index in [4.69, 9.17) is 12.2 Å². The maximum atomic E-state index is 13.8. The van der Waals surface area contributed by atoms with Gasteiger partial charge in [0.15, 0.2) is 5.82 Å². The highest BCUT2D eigenvalue weighted by Gasteiger charge is 2.17. The molecule has 22 heavy (non-hydrogen) atoms. The third kappa shape index (κ3) is 3.94. The van der Waals surface area contributed by atoms with Gasteiger partial charge < -0.3 is 5.73 Å². The fraction of sp³-hybridized carbons (Fsp3) is 0.389. The number of nitrogens with zero attached hydrogens (tertiary/aromatic N) is 1. The molecule has 0 aliphatic heterocycles. The van der Waals surface area contributed by atoms with Gasteiger partial charge >= 0.3 is 0 Å². The van der Waals surface area contributed by atoms with Crippen LogP contribution in [0.1, 0.15) is 58.6 Å². The molecule has 0 amide bonds. The predicted molar refractivity (Wildman–Crippen MR) is 90.8 cm³/mol. The van der Waals surface area contributed by atoms with Gasteiger partial charge in [0.1, 0.15) is 17.2 Å². The minimum Gasteiger partial charge on any atom is -0.384 e. The zero-order chi connectivity index (χ0) is 17.4. The Morgan fingerprint density at radius 2 is 1.64 bits per heavy atom. The van der Waals surface area contributed by atoms with Crippen LogP contribution in [0, 0.1) is 24.0 Å². The second kappa shape index (κ2) is 8.99. The van der Waals surface area contributed by atoms with E-state index in [-0.39, 0.29) is 22.8 Å². The van der Waals surface area contributed by atoms with Gasteiger partial charge in [-0.3, -0.25) is 0 Å². The van der Waals surface area contributed by atoms with Crippen LogP contribution in [-0.4, -0.2) is 4.98 Å². The topological polar surface area (TPSA) is 38.9 Å². The summed E-state index contributed by atoms with van der Waals surface area (Å²) in [6.45, 7) is 11.8. The summed E-state index contributed by atoms with van der Waals surface area (Å²) in [4.78, 5) is 3.91. The molecule has 0 aliphatic rings. The monoisotopic (exact) mass is 306 g/mol. The van der Waals surface area contributed by atoms with E-state index in [0.29, 0.717) is 10.9 Å². The number of aromatic nitrogens is 1. The highest BCUT2D eigenvalue weighted by molar-refractivity contribution is 5.90. The molecule has 0 aliphatic carbocycles. The minimum absolute atomic E-state index is 0.0213. The molecule has 0 saturated heterocycles. The van der Waals surface area contributed by atoms with E-state index in [0.717, 1.165) is 6.07 Å². The lowest BCUT2D eigenvalue weighted by Crippen LogP contribution is -2.02. The fourth-order valence-electron chi connectivity index (χ4n) is 1.99. The Hall–Kier alpha value is -2.15. The number of hydrogen-bond acceptors (Lipinski definition) is 2. The standard InChI is InChI=1S/C14H12F2N2.2C2H6/c1-4-8-10(15)6-11(16)14-13(8)9(7(2)3)5-12(17)18-14;2*1-2/h1,5-7H,2-3H3,(H2,17,18);2*1-2H3. The van der Waals surface area contributed by atoms with E-state index in [1.807, 2.05) is 41.5 Å². The van der Waals surface area contributed by atoms with Crippen molar-refractivity contribution in [3.05, 3.63) is 34.9 Å². The van der Waals surface area contributed by atoms with Crippen molar-refractivity contribution < 1.29 is 8.78 Å². The molecular formula is C18H24F2N2. The summed E-state index contributed by atoms with van der Waals surface area (Å²) >= 11 is 0. The Balaban J connectivity index is 0.00000102. The molecule has 2 aromatic rings. The molecule has 1 heterocycles. The zero-order valence-corrected chi connectivity index (χ0v) is 14.1. The SMILES string of the molecule is C#Cc1c(F)cc(F)c2nc(N)cc(C(C)C)c12.CC.CC. The zero-order valence-electron chi connectivity index (χ0n) is 14.1. The number of rotatable bonds is 1. The molecule has 120 valence electrons. The average Bonchev–Trinajstić information content (AvgIpc) is 2.51. The van der Waals surface area contributed by atoms with Crippen LogP contribution in [0.2, 0.25) is 0 Å². The lowest BCUT2D eigenvalue weighted by molar-refractivity contribution is 0.588. The van der Waals surface area contributed by atoms with E-state index in [1.165, 1.54) is 0 Å². The third-order valence-corrected chi connectivity index (χ3v) is 2.80. The van der Waals surface area contributed by atoms with Crippen LogP contribution in [0.5, 0.6) is 0 Å². The van der Waals surface area contributed by atoms with Gasteiger partial charge in [0, 0.05) is 11.5 Å². The van der Waals surface area contributed by atoms with Crippen LogP contribution in [0.3, 0.4) is 0 Å². The van der Waals surface area contributed by atoms with E-state index in [1.54, 1.807) is 6.07 Å². The molecule has 0 radical (unpaired) electrons. The van der Waals surface area contributed by atoms with Crippen molar-refractivity contribution >= 4 is 16.7 Å². The number of fused-ring (bicyclic) bond motifs is 1. The molecule has 0 atom stereocenters. The van der Waals surface area contributed by atoms with Crippen LogP contribution in [0.25, 0.3) is 10.9 Å². The van der Waals surface area contributed by atoms with Crippen molar-refractivity contribution in [3.63, 3.8) is 0 Å². The summed E-state index contributed by atoms with van der Waals surface area (Å²) in [6, 6.07) is 2.35. The van der Waals surface area contributed by atoms with Crippen molar-refractivity contribution in [2.24, 2.45) is 0 Å². The van der Waals surface area contributed by atoms with E-state index >= 15 is 0 Å². The molecule has 0 saturated carbocycles. The number of nitrogens with two attached hydrogens (primary N) is 1. The van der Waals surface area contributed by atoms with Crippen LogP contribution in [0.15, 0.2) is 12.1 Å². The smallest absolute Gasteiger partial charge is 0.152 e. The first-order valence-corrected chi connectivity index (χ1v) is 7.50. The Labute approximate surface area is 131 Å². The molecular weight excluding hydrogens is 282 g/mol. The van der Waals surface area contributed by atoms with Crippen LogP contribution in [0.4, 0.5) is 14.6 Å². The van der Waals surface area contributed by atoms with Gasteiger partial charge in [-0.15, -0.1) is 6.42 Å². The number of nitrogen functional groups attached to an aromatic ring is 1. The summed E-state index contributed by atoms with van der Waals surface area (Å²) < 4.78 is 27.4. The molecule has 1 aromatic carbocycles. The maximum absolute atomic E-state index is 13.8. The van der Waals surface area contributed by atoms with Crippen LogP contribution < -0.4 is 5.73 Å². The van der Waals surface area contributed by atoms with Crippen LogP contribution in [-0.2, 0) is 0 Å². The van der Waals surface area contributed by atoms with Gasteiger partial charge in [0.25, 0.3) is 0 Å². The number of hydrogen-bond donors (Lipinski definition) is 1. The second-order valence-electron chi connectivity index (χ2n) is 4.37. The Bertz CT molecular complexity index is 671. The summed E-state index contributed by atoms with van der Waals surface area (Å²) in [7, 11) is 0. The molecule has 0 spiro atoms. The van der Waals surface area contributed by atoms with Crippen molar-refractivity contribution in [1.29, 1.82) is 0 Å². The normalized spacial score (nSPS) is 9.45. The average molecular weight is 306 g/mol. The quantitative estimate of drug-likeness (QED) is 0.731. The first-order chi connectivity index (χ1) is 10.5. The van der Waals surface area contributed by atoms with Gasteiger partial charge in [0.2, 0.25) is 0 Å². The molecule has 0 fully saturated rings. The first-order valence-electron chi connectivity index (χ1n) is 7.50. The summed E-state index contributed by atoms with van der Waals surface area (Å²) in [6.07, 6.45) is 5.30. The van der Waals surface area contributed by atoms with Crippen molar-refractivity contribution in [2.45, 2.75) is 47.5 Å². The van der Waals surface area contributed by atoms with Gasteiger partial charge in [0.05, 0.1) is 5.56 Å². The predicted octanol–water partition coefficient (Wildman–Crippen LogP) is 5.25. The van der Waals surface area contributed by atoms with Crippen molar-refractivity contribution in [2.75, 3.05) is 5.73 Å². The maximum Gasteiger partial charge on any atom is 0.152 e. The lowest BCUT2D eigenvalue weighted by Gasteiger charge is -2.13. The number of benzene rings is 1. The summed E-state index contributed by atoms with van der Waals surface area (Å²) in [5, 5.41) is 0.333. The van der Waals surface area contributed by atoms with Gasteiger partial charge in [-0.2, -0.15) is 0 Å². The molecule has 0 bridgehead atoms. The third-order valence-electron chi connectivity index (χ3n) is 2.80.